The Morgan fingerprint density at radius 3 is 2.16 bits per heavy atom. The first-order chi connectivity index (χ1) is 14.9. The first-order valence-electron chi connectivity index (χ1n) is 9.85. The van der Waals surface area contributed by atoms with Gasteiger partial charge in [0.15, 0.2) is 0 Å². The third-order valence-electron chi connectivity index (χ3n) is 4.47. The molecule has 0 heterocycles. The minimum Gasteiger partial charge on any atom is -0.383 e. The molecule has 2 aromatic carbocycles. The number of hydroxylamine groups is 1. The van der Waals surface area contributed by atoms with Crippen LogP contribution in [0.1, 0.15) is 34.0 Å². The van der Waals surface area contributed by atoms with Gasteiger partial charge in [-0.2, -0.15) is 0 Å². The van der Waals surface area contributed by atoms with E-state index in [0.717, 1.165) is 29.8 Å². The average molecular weight is 425 g/mol. The van der Waals surface area contributed by atoms with Gasteiger partial charge in [-0.3, -0.25) is 14.8 Å². The summed E-state index contributed by atoms with van der Waals surface area (Å²) in [5.41, 5.74) is 10.3. The second-order valence-corrected chi connectivity index (χ2v) is 6.98. The van der Waals surface area contributed by atoms with Crippen LogP contribution >= 0.6 is 0 Å². The van der Waals surface area contributed by atoms with E-state index in [-0.39, 0.29) is 0 Å². The highest BCUT2D eigenvalue weighted by Gasteiger charge is 2.24. The third kappa shape index (κ3) is 7.85. The van der Waals surface area contributed by atoms with Gasteiger partial charge in [-0.15, -0.1) is 0 Å². The normalized spacial score (nSPS) is 12.3. The molecule has 0 radical (unpaired) electrons. The Morgan fingerprint density at radius 1 is 1.06 bits per heavy atom. The monoisotopic (exact) mass is 424 g/mol. The summed E-state index contributed by atoms with van der Waals surface area (Å²) in [6, 6.07) is 12.9. The van der Waals surface area contributed by atoms with Gasteiger partial charge in [-0.05, 0) is 48.9 Å². The van der Waals surface area contributed by atoms with Gasteiger partial charge < -0.3 is 21.1 Å². The lowest BCUT2D eigenvalue weighted by atomic mass is 10.1. The summed E-state index contributed by atoms with van der Waals surface area (Å²) in [4.78, 5) is 23.9. The van der Waals surface area contributed by atoms with Gasteiger partial charge in [0.25, 0.3) is 11.8 Å². The van der Waals surface area contributed by atoms with Gasteiger partial charge in [0.1, 0.15) is 6.04 Å². The first kappa shape index (κ1) is 24.1. The number of hydrogen-bond donors (Lipinski definition) is 5. The highest BCUT2D eigenvalue weighted by molar-refractivity contribution is 5.97. The highest BCUT2D eigenvalue weighted by Crippen LogP contribution is 2.07. The smallest absolute Gasteiger partial charge is 0.267 e. The lowest BCUT2D eigenvalue weighted by molar-refractivity contribution is -0.131. The molecule has 0 aliphatic rings. The van der Waals surface area contributed by atoms with E-state index in [9.17, 15) is 9.59 Å². The Labute approximate surface area is 182 Å². The third-order valence-corrected chi connectivity index (χ3v) is 4.47. The number of benzene rings is 2. The molecule has 31 heavy (non-hydrogen) atoms. The number of rotatable bonds is 9. The van der Waals surface area contributed by atoms with Crippen molar-refractivity contribution < 1.29 is 19.5 Å². The Balaban J connectivity index is 1.96. The van der Waals surface area contributed by atoms with Crippen LogP contribution in [0.5, 0.6) is 0 Å². The first-order valence-corrected chi connectivity index (χ1v) is 9.85. The molecule has 0 aromatic heterocycles. The van der Waals surface area contributed by atoms with Gasteiger partial charge in [-0.25, -0.2) is 5.48 Å². The molecule has 8 heteroatoms. The molecule has 8 nitrogen and oxygen atoms in total. The van der Waals surface area contributed by atoms with Crippen LogP contribution in [0.15, 0.2) is 48.5 Å². The Morgan fingerprint density at radius 2 is 1.65 bits per heavy atom. The van der Waals surface area contributed by atoms with Gasteiger partial charge in [-0.1, -0.05) is 24.0 Å². The van der Waals surface area contributed by atoms with E-state index in [1.54, 1.807) is 38.3 Å². The topological polar surface area (TPSA) is 126 Å². The van der Waals surface area contributed by atoms with Crippen molar-refractivity contribution in [1.29, 1.82) is 0 Å². The van der Waals surface area contributed by atoms with Crippen LogP contribution < -0.4 is 21.8 Å². The maximum absolute atomic E-state index is 12.3. The van der Waals surface area contributed by atoms with E-state index >= 15 is 0 Å². The predicted octanol–water partition coefficient (Wildman–Crippen LogP) is 0.773. The second kappa shape index (κ2) is 12.5. The molecule has 6 N–H and O–H groups in total. The predicted molar refractivity (Wildman–Crippen MR) is 117 cm³/mol. The molecule has 2 rings (SSSR count). The number of hydrogen-bond acceptors (Lipinski definition) is 6. The van der Waals surface area contributed by atoms with E-state index in [0.29, 0.717) is 12.2 Å². The van der Waals surface area contributed by atoms with Gasteiger partial charge in [0, 0.05) is 42.9 Å². The van der Waals surface area contributed by atoms with Crippen molar-refractivity contribution in [3.8, 4) is 11.8 Å². The number of nitrogens with one attached hydrogen (secondary N) is 3. The summed E-state index contributed by atoms with van der Waals surface area (Å²) in [5.74, 6) is 4.91. The van der Waals surface area contributed by atoms with Crippen molar-refractivity contribution in [3.05, 3.63) is 70.8 Å². The zero-order valence-corrected chi connectivity index (χ0v) is 17.6. The summed E-state index contributed by atoms with van der Waals surface area (Å²) in [7, 11) is 1.67. The molecular weight excluding hydrogens is 396 g/mol. The minimum absolute atomic E-state index is 0.354. The molecule has 2 amide bonds. The van der Waals surface area contributed by atoms with E-state index in [4.69, 9.17) is 15.7 Å². The van der Waals surface area contributed by atoms with Crippen LogP contribution in [0.3, 0.4) is 0 Å². The Kier molecular flexibility index (Phi) is 9.68. The molecule has 164 valence electrons. The average Bonchev–Trinajstić information content (AvgIpc) is 2.79. The fourth-order valence-electron chi connectivity index (χ4n) is 2.69. The molecule has 2 atom stereocenters. The zero-order chi connectivity index (χ0) is 22.6. The van der Waals surface area contributed by atoms with Crippen molar-refractivity contribution in [2.24, 2.45) is 5.73 Å². The summed E-state index contributed by atoms with van der Waals surface area (Å²) in [5, 5.41) is 14.6. The summed E-state index contributed by atoms with van der Waals surface area (Å²) in [6.45, 7) is 3.80. The molecule has 2 aromatic rings. The number of carbonyl (C=O) groups is 2. The standard InChI is InChI=1S/C23H28N4O4/c1-16(24)21(23(29)27-30)26-22(28)20-11-9-18(10-12-20)4-3-17-5-7-19(8-6-17)15-25-13-14-31-2/h5-12,16,21,25,30H,13-15,24H2,1-2H3,(H,26,28)(H,27,29)/t16-,21+/m1/s1. The van der Waals surface area contributed by atoms with Gasteiger partial charge >= 0.3 is 0 Å². The van der Waals surface area contributed by atoms with Crippen molar-refractivity contribution >= 4 is 11.8 Å². The van der Waals surface area contributed by atoms with E-state index < -0.39 is 23.9 Å². The van der Waals surface area contributed by atoms with Crippen LogP contribution in [-0.2, 0) is 16.1 Å². The molecule has 0 saturated heterocycles. The fourth-order valence-corrected chi connectivity index (χ4v) is 2.69. The Bertz CT molecular complexity index is 915. The lowest BCUT2D eigenvalue weighted by Gasteiger charge is -2.20. The number of nitrogens with two attached hydrogens (primary N) is 1. The highest BCUT2D eigenvalue weighted by atomic mass is 16.5. The molecule has 0 spiro atoms. The van der Waals surface area contributed by atoms with Crippen LogP contribution in [-0.4, -0.2) is 49.4 Å². The SMILES string of the molecule is COCCNCc1ccc(C#Cc2ccc(C(=O)N[C@H](C(=O)NO)[C@@H](C)N)cc2)cc1. The van der Waals surface area contributed by atoms with Crippen LogP contribution in [0.25, 0.3) is 0 Å². The molecule has 0 unspecified atom stereocenters. The van der Waals surface area contributed by atoms with Crippen molar-refractivity contribution in [2.75, 3.05) is 20.3 Å². The lowest BCUT2D eigenvalue weighted by Crippen LogP contribution is -2.54. The zero-order valence-electron chi connectivity index (χ0n) is 17.6. The largest absolute Gasteiger partial charge is 0.383 e. The molecule has 0 bridgehead atoms. The number of methoxy groups -OCH3 is 1. The molecule has 0 fully saturated rings. The van der Waals surface area contributed by atoms with Crippen molar-refractivity contribution in [2.45, 2.75) is 25.6 Å². The molecule has 0 aliphatic carbocycles. The van der Waals surface area contributed by atoms with Gasteiger partial charge in [0.2, 0.25) is 0 Å². The summed E-state index contributed by atoms with van der Waals surface area (Å²) < 4.78 is 5.00. The van der Waals surface area contributed by atoms with E-state index in [1.807, 2.05) is 24.3 Å². The fraction of sp³-hybridized carbons (Fsp3) is 0.304. The molecular formula is C23H28N4O4. The number of amides is 2. The molecule has 0 saturated carbocycles. The van der Waals surface area contributed by atoms with Crippen LogP contribution in [0.2, 0.25) is 0 Å². The van der Waals surface area contributed by atoms with Crippen molar-refractivity contribution in [3.63, 3.8) is 0 Å². The van der Waals surface area contributed by atoms with Crippen LogP contribution in [0, 0.1) is 11.8 Å². The van der Waals surface area contributed by atoms with Crippen LogP contribution in [0.4, 0.5) is 0 Å². The number of carbonyl (C=O) groups excluding carboxylic acids is 2. The number of ether oxygens (including phenoxy) is 1. The van der Waals surface area contributed by atoms with E-state index in [1.165, 1.54) is 5.48 Å². The quantitative estimate of drug-likeness (QED) is 0.175. The molecule has 0 aliphatic heterocycles. The minimum atomic E-state index is -1.05. The summed E-state index contributed by atoms with van der Waals surface area (Å²) >= 11 is 0. The summed E-state index contributed by atoms with van der Waals surface area (Å²) in [6.07, 6.45) is 0. The maximum atomic E-state index is 12.3. The van der Waals surface area contributed by atoms with Gasteiger partial charge in [0.05, 0.1) is 6.61 Å². The Hall–Kier alpha value is -3.22. The van der Waals surface area contributed by atoms with E-state index in [2.05, 4.69) is 22.5 Å². The van der Waals surface area contributed by atoms with Crippen molar-refractivity contribution in [1.82, 2.24) is 16.1 Å². The maximum Gasteiger partial charge on any atom is 0.267 e. The second-order valence-electron chi connectivity index (χ2n) is 6.98.